The fraction of sp³-hybridized carbons (Fsp3) is 0.333. The smallest absolute Gasteiger partial charge is 0.273 e. The van der Waals surface area contributed by atoms with Crippen LogP contribution in [0, 0.1) is 33.8 Å². The number of carbonyl (C=O) groups is 4. The zero-order valence-corrected chi connectivity index (χ0v) is 19.7. The molecule has 2 bridgehead atoms. The van der Waals surface area contributed by atoms with Crippen LogP contribution in [-0.2, 0) is 9.59 Å². The molecule has 4 atom stereocenters. The van der Waals surface area contributed by atoms with Gasteiger partial charge in [-0.05, 0) is 61.4 Å². The summed E-state index contributed by atoms with van der Waals surface area (Å²) in [7, 11) is 0. The van der Waals surface area contributed by atoms with Crippen LogP contribution in [0.4, 0.5) is 5.69 Å². The monoisotopic (exact) mass is 515 g/mol. The number of rotatable bonds is 6. The number of carbonyl (C=O) groups excluding carboxylic acids is 4. The van der Waals surface area contributed by atoms with Gasteiger partial charge in [-0.2, -0.15) is 5.01 Å². The van der Waals surface area contributed by atoms with Crippen LogP contribution in [0.3, 0.4) is 0 Å². The van der Waals surface area contributed by atoms with Crippen LogP contribution in [0.25, 0.3) is 0 Å². The minimum atomic E-state index is -0.757. The van der Waals surface area contributed by atoms with E-state index in [4.69, 9.17) is 23.2 Å². The number of hydrogen-bond donors (Lipinski definition) is 0. The molecule has 0 unspecified atom stereocenters. The molecule has 0 radical (unpaired) electrons. The maximum absolute atomic E-state index is 13.5. The Morgan fingerprint density at radius 2 is 1.51 bits per heavy atom. The maximum atomic E-state index is 13.5. The van der Waals surface area contributed by atoms with Crippen LogP contribution in [0.15, 0.2) is 42.5 Å². The van der Waals surface area contributed by atoms with E-state index in [0.29, 0.717) is 0 Å². The van der Waals surface area contributed by atoms with E-state index in [2.05, 4.69) is 0 Å². The Bertz CT molecular complexity index is 1250. The largest absolute Gasteiger partial charge is 0.292 e. The summed E-state index contributed by atoms with van der Waals surface area (Å²) in [5, 5.41) is 12.9. The summed E-state index contributed by atoms with van der Waals surface area (Å²) in [6, 6.07) is 9.01. The van der Waals surface area contributed by atoms with Crippen LogP contribution in [0.2, 0.25) is 10.0 Å². The number of amides is 3. The van der Waals surface area contributed by atoms with E-state index in [1.165, 1.54) is 42.5 Å². The van der Waals surface area contributed by atoms with Crippen molar-refractivity contribution in [3.8, 4) is 0 Å². The van der Waals surface area contributed by atoms with Gasteiger partial charge in [0, 0.05) is 23.3 Å². The molecule has 2 saturated carbocycles. The first-order valence-corrected chi connectivity index (χ1v) is 11.8. The molecule has 3 fully saturated rings. The molecule has 1 heterocycles. The molecule has 2 aliphatic carbocycles. The summed E-state index contributed by atoms with van der Waals surface area (Å²) in [6.45, 7) is -0.608. The second kappa shape index (κ2) is 8.73. The van der Waals surface area contributed by atoms with Gasteiger partial charge in [-0.15, -0.1) is 0 Å². The molecule has 2 aromatic carbocycles. The average molecular weight is 516 g/mol. The van der Waals surface area contributed by atoms with Gasteiger partial charge >= 0.3 is 0 Å². The van der Waals surface area contributed by atoms with Gasteiger partial charge in [-0.3, -0.25) is 29.3 Å². The SMILES string of the molecule is O=C(CN(C(=O)c1ccc(Cl)c(Cl)c1)N1C(=O)[C@@H]2[C@H]3CC[C@@H](C3)[C@H]2C1=O)c1ccc([N+](=O)[O-])cc1. The van der Waals surface area contributed by atoms with Crippen molar-refractivity contribution in [3.05, 3.63) is 73.8 Å². The third-order valence-corrected chi connectivity index (χ3v) is 7.98. The summed E-state index contributed by atoms with van der Waals surface area (Å²) >= 11 is 12.0. The number of non-ortho nitro benzene ring substituents is 1. The predicted molar refractivity (Wildman–Crippen MR) is 125 cm³/mol. The molecule has 2 aromatic rings. The molecule has 180 valence electrons. The van der Waals surface area contributed by atoms with Gasteiger partial charge in [0.2, 0.25) is 0 Å². The highest BCUT2D eigenvalue weighted by Crippen LogP contribution is 2.56. The fourth-order valence-electron chi connectivity index (χ4n) is 5.64. The van der Waals surface area contributed by atoms with Crippen molar-refractivity contribution in [2.75, 3.05) is 6.54 Å². The van der Waals surface area contributed by atoms with Crippen molar-refractivity contribution in [1.82, 2.24) is 10.0 Å². The van der Waals surface area contributed by atoms with E-state index >= 15 is 0 Å². The Morgan fingerprint density at radius 3 is 2.06 bits per heavy atom. The first-order chi connectivity index (χ1) is 16.7. The molecule has 1 aliphatic heterocycles. The molecule has 35 heavy (non-hydrogen) atoms. The highest BCUT2D eigenvalue weighted by atomic mass is 35.5. The highest BCUT2D eigenvalue weighted by molar-refractivity contribution is 6.42. The highest BCUT2D eigenvalue weighted by Gasteiger charge is 2.62. The number of benzene rings is 2. The summed E-state index contributed by atoms with van der Waals surface area (Å²) in [5.41, 5.74) is -0.0445. The summed E-state index contributed by atoms with van der Waals surface area (Å²) in [4.78, 5) is 63.8. The molecule has 3 amide bonds. The molecular formula is C24H19Cl2N3O6. The number of fused-ring (bicyclic) bond motifs is 5. The first-order valence-electron chi connectivity index (χ1n) is 11.1. The Morgan fingerprint density at radius 1 is 0.943 bits per heavy atom. The van der Waals surface area contributed by atoms with Crippen LogP contribution in [0.5, 0.6) is 0 Å². The molecule has 0 aromatic heterocycles. The van der Waals surface area contributed by atoms with Crippen molar-refractivity contribution in [3.63, 3.8) is 0 Å². The number of nitro groups is 1. The van der Waals surface area contributed by atoms with E-state index in [1.54, 1.807) is 0 Å². The van der Waals surface area contributed by atoms with Gasteiger partial charge in [-0.25, -0.2) is 5.01 Å². The molecule has 1 saturated heterocycles. The Kier molecular flexibility index (Phi) is 5.85. The predicted octanol–water partition coefficient (Wildman–Crippen LogP) is 4.17. The lowest BCUT2D eigenvalue weighted by Crippen LogP contribution is -2.52. The van der Waals surface area contributed by atoms with Crippen molar-refractivity contribution in [1.29, 1.82) is 0 Å². The number of imide groups is 1. The van der Waals surface area contributed by atoms with Gasteiger partial charge < -0.3 is 0 Å². The van der Waals surface area contributed by atoms with Crippen LogP contribution < -0.4 is 0 Å². The minimum absolute atomic E-state index is 0.0523. The van der Waals surface area contributed by atoms with E-state index in [9.17, 15) is 29.3 Å². The van der Waals surface area contributed by atoms with Gasteiger partial charge in [0.15, 0.2) is 5.78 Å². The van der Waals surface area contributed by atoms with Crippen LogP contribution >= 0.6 is 23.2 Å². The minimum Gasteiger partial charge on any atom is -0.292 e. The molecular weight excluding hydrogens is 497 g/mol. The lowest BCUT2D eigenvalue weighted by molar-refractivity contribution is -0.384. The average Bonchev–Trinajstić information content (AvgIpc) is 3.53. The molecule has 9 nitrogen and oxygen atoms in total. The number of Topliss-reactive ketones (excluding diaryl/α,β-unsaturated/α-hetero) is 1. The second-order valence-electron chi connectivity index (χ2n) is 9.09. The molecule has 11 heteroatoms. The first kappa shape index (κ1) is 23.4. The van der Waals surface area contributed by atoms with Crippen molar-refractivity contribution < 1.29 is 24.1 Å². The third-order valence-electron chi connectivity index (χ3n) is 7.24. The topological polar surface area (TPSA) is 118 Å². The molecule has 0 spiro atoms. The maximum Gasteiger partial charge on any atom is 0.273 e. The second-order valence-corrected chi connectivity index (χ2v) is 9.91. The number of ketones is 1. The van der Waals surface area contributed by atoms with E-state index in [0.717, 1.165) is 29.3 Å². The number of hydrogen-bond acceptors (Lipinski definition) is 6. The zero-order chi connectivity index (χ0) is 25.0. The standard InChI is InChI=1S/C24H19Cl2N3O6/c25-17-8-5-15(10-18(17)26)22(31)27(11-19(30)12-3-6-16(7-4-12)29(34)35)28-23(32)20-13-1-2-14(9-13)21(20)24(28)33/h3-8,10,13-14,20-21H,1-2,9,11H2/t13-,14-,20+,21+/m0/s1. The summed E-state index contributed by atoms with van der Waals surface area (Å²) in [6.07, 6.45) is 2.55. The van der Waals surface area contributed by atoms with E-state index in [1.807, 2.05) is 0 Å². The van der Waals surface area contributed by atoms with Gasteiger partial charge in [0.05, 0.1) is 26.8 Å². The molecule has 5 rings (SSSR count). The Labute approximate surface area is 209 Å². The lowest BCUT2D eigenvalue weighted by Gasteiger charge is -2.31. The molecule has 3 aliphatic rings. The lowest BCUT2D eigenvalue weighted by atomic mass is 9.81. The third kappa shape index (κ3) is 3.88. The Balaban J connectivity index is 1.49. The van der Waals surface area contributed by atoms with E-state index < -0.39 is 46.8 Å². The van der Waals surface area contributed by atoms with Crippen LogP contribution in [0.1, 0.15) is 40.0 Å². The molecule has 0 N–H and O–H groups in total. The quantitative estimate of drug-likeness (QED) is 0.246. The Hall–Kier alpha value is -3.30. The van der Waals surface area contributed by atoms with Crippen LogP contribution in [-0.4, -0.2) is 45.0 Å². The van der Waals surface area contributed by atoms with Gasteiger partial charge in [-0.1, -0.05) is 23.2 Å². The fourth-order valence-corrected chi connectivity index (χ4v) is 5.94. The van der Waals surface area contributed by atoms with Gasteiger partial charge in [0.25, 0.3) is 23.4 Å². The van der Waals surface area contributed by atoms with Gasteiger partial charge in [0.1, 0.15) is 6.54 Å². The zero-order valence-electron chi connectivity index (χ0n) is 18.2. The summed E-state index contributed by atoms with van der Waals surface area (Å²) in [5.74, 6) is -3.08. The van der Waals surface area contributed by atoms with E-state index in [-0.39, 0.29) is 38.7 Å². The number of nitrogens with zero attached hydrogens (tertiary/aromatic N) is 3. The van der Waals surface area contributed by atoms with Crippen molar-refractivity contribution in [2.24, 2.45) is 23.7 Å². The normalized spacial score (nSPS) is 24.6. The van der Waals surface area contributed by atoms with Crippen molar-refractivity contribution in [2.45, 2.75) is 19.3 Å². The summed E-state index contributed by atoms with van der Waals surface area (Å²) < 4.78 is 0. The van der Waals surface area contributed by atoms with Crippen molar-refractivity contribution >= 4 is 52.4 Å². The number of nitro benzene ring substituents is 1. The number of halogens is 2. The number of hydrazine groups is 1.